The van der Waals surface area contributed by atoms with Crippen molar-refractivity contribution in [1.82, 2.24) is 4.98 Å². The van der Waals surface area contributed by atoms with Gasteiger partial charge < -0.3 is 9.64 Å². The summed E-state index contributed by atoms with van der Waals surface area (Å²) in [5.74, 6) is 1.07. The normalized spacial score (nSPS) is 23.8. The van der Waals surface area contributed by atoms with E-state index in [-0.39, 0.29) is 11.7 Å². The molecule has 0 N–H and O–H groups in total. The topological polar surface area (TPSA) is 25.4 Å². The Morgan fingerprint density at radius 1 is 1.53 bits per heavy atom. The van der Waals surface area contributed by atoms with Crippen molar-refractivity contribution in [3.05, 3.63) is 22.3 Å². The predicted octanol–water partition coefficient (Wildman–Crippen LogP) is 3.16. The molecule has 0 bridgehead atoms. The van der Waals surface area contributed by atoms with Gasteiger partial charge in [-0.25, -0.2) is 4.98 Å². The van der Waals surface area contributed by atoms with Crippen molar-refractivity contribution >= 4 is 21.7 Å². The number of aromatic nitrogens is 1. The average Bonchev–Trinajstić information content (AvgIpc) is 2.13. The number of anilines is 1. The fourth-order valence-corrected chi connectivity index (χ4v) is 2.93. The molecule has 0 spiro atoms. The van der Waals surface area contributed by atoms with E-state index in [1.54, 1.807) is 0 Å². The first-order valence-corrected chi connectivity index (χ1v) is 6.71. The fourth-order valence-electron chi connectivity index (χ4n) is 2.48. The third kappa shape index (κ3) is 2.99. The van der Waals surface area contributed by atoms with Crippen LogP contribution in [0.15, 0.2) is 16.7 Å². The Hall–Kier alpha value is -0.610. The maximum absolute atomic E-state index is 5.91. The lowest BCUT2D eigenvalue weighted by molar-refractivity contribution is -0.0751. The molecule has 1 saturated heterocycles. The van der Waals surface area contributed by atoms with Gasteiger partial charge in [0.2, 0.25) is 0 Å². The Kier molecular flexibility index (Phi) is 3.46. The van der Waals surface area contributed by atoms with E-state index in [1.807, 2.05) is 6.20 Å². The summed E-state index contributed by atoms with van der Waals surface area (Å²) in [4.78, 5) is 6.84. The summed E-state index contributed by atoms with van der Waals surface area (Å²) in [5.41, 5.74) is 1.09. The number of nitrogens with zero attached hydrogens (tertiary/aromatic N) is 2. The van der Waals surface area contributed by atoms with E-state index in [0.29, 0.717) is 0 Å². The molecule has 4 heteroatoms. The molecule has 1 aliphatic heterocycles. The van der Waals surface area contributed by atoms with Crippen molar-refractivity contribution in [2.24, 2.45) is 0 Å². The van der Waals surface area contributed by atoms with Crippen molar-refractivity contribution in [3.8, 4) is 0 Å². The van der Waals surface area contributed by atoms with Gasteiger partial charge in [-0.15, -0.1) is 0 Å². The zero-order chi connectivity index (χ0) is 12.6. The number of hydrogen-bond donors (Lipinski definition) is 0. The van der Waals surface area contributed by atoms with Gasteiger partial charge in [0.25, 0.3) is 0 Å². The Labute approximate surface area is 111 Å². The number of hydrogen-bond acceptors (Lipinski definition) is 3. The molecule has 0 aliphatic carbocycles. The minimum Gasteiger partial charge on any atom is -0.369 e. The van der Waals surface area contributed by atoms with Gasteiger partial charge in [-0.3, -0.25) is 0 Å². The van der Waals surface area contributed by atoms with E-state index in [9.17, 15) is 0 Å². The van der Waals surface area contributed by atoms with Gasteiger partial charge in [0.15, 0.2) is 0 Å². The zero-order valence-corrected chi connectivity index (χ0v) is 12.4. The molecule has 94 valence electrons. The van der Waals surface area contributed by atoms with Gasteiger partial charge in [-0.2, -0.15) is 0 Å². The van der Waals surface area contributed by atoms with Crippen LogP contribution < -0.4 is 4.90 Å². The van der Waals surface area contributed by atoms with Crippen LogP contribution in [0.5, 0.6) is 0 Å². The van der Waals surface area contributed by atoms with Crippen molar-refractivity contribution in [2.75, 3.05) is 18.0 Å². The second-order valence-corrected chi connectivity index (χ2v) is 6.28. The SMILES string of the molecule is Cc1cc(Br)cnc1N1CC(C)OC(C)(C)C1. The molecule has 1 aromatic rings. The van der Waals surface area contributed by atoms with Crippen molar-refractivity contribution < 1.29 is 4.74 Å². The first-order valence-electron chi connectivity index (χ1n) is 5.92. The van der Waals surface area contributed by atoms with E-state index < -0.39 is 0 Å². The lowest BCUT2D eigenvalue weighted by atomic mass is 10.1. The molecule has 0 radical (unpaired) electrons. The quantitative estimate of drug-likeness (QED) is 0.796. The average molecular weight is 299 g/mol. The molecular formula is C13H19BrN2O. The molecular weight excluding hydrogens is 280 g/mol. The second kappa shape index (κ2) is 4.58. The van der Waals surface area contributed by atoms with Crippen LogP contribution in [0.2, 0.25) is 0 Å². The van der Waals surface area contributed by atoms with Gasteiger partial charge in [-0.1, -0.05) is 0 Å². The highest BCUT2D eigenvalue weighted by atomic mass is 79.9. The fraction of sp³-hybridized carbons (Fsp3) is 0.615. The number of halogens is 1. The minimum atomic E-state index is -0.112. The van der Waals surface area contributed by atoms with E-state index in [2.05, 4.69) is 59.6 Å². The Morgan fingerprint density at radius 3 is 2.82 bits per heavy atom. The Bertz CT molecular complexity index is 420. The Morgan fingerprint density at radius 2 is 2.24 bits per heavy atom. The number of aryl methyl sites for hydroxylation is 1. The lowest BCUT2D eigenvalue weighted by Crippen LogP contribution is -2.52. The van der Waals surface area contributed by atoms with Crippen LogP contribution in [0.3, 0.4) is 0 Å². The summed E-state index contributed by atoms with van der Waals surface area (Å²) in [6.07, 6.45) is 2.10. The van der Waals surface area contributed by atoms with Crippen LogP contribution in [0.25, 0.3) is 0 Å². The molecule has 0 amide bonds. The van der Waals surface area contributed by atoms with Crippen molar-refractivity contribution in [3.63, 3.8) is 0 Å². The van der Waals surface area contributed by atoms with E-state index in [4.69, 9.17) is 4.74 Å². The molecule has 0 aromatic carbocycles. The number of ether oxygens (including phenoxy) is 1. The standard InChI is InChI=1S/C13H19BrN2O/c1-9-5-11(14)6-15-12(9)16-7-10(2)17-13(3,4)8-16/h5-6,10H,7-8H2,1-4H3. The lowest BCUT2D eigenvalue weighted by Gasteiger charge is -2.42. The Balaban J connectivity index is 2.27. The molecule has 0 saturated carbocycles. The van der Waals surface area contributed by atoms with Gasteiger partial charge >= 0.3 is 0 Å². The maximum Gasteiger partial charge on any atom is 0.131 e. The van der Waals surface area contributed by atoms with Crippen LogP contribution in [-0.4, -0.2) is 29.8 Å². The molecule has 1 aromatic heterocycles. The summed E-state index contributed by atoms with van der Waals surface area (Å²) in [5, 5.41) is 0. The summed E-state index contributed by atoms with van der Waals surface area (Å²) in [6, 6.07) is 2.11. The largest absolute Gasteiger partial charge is 0.369 e. The third-order valence-corrected chi connectivity index (χ3v) is 3.32. The molecule has 1 atom stereocenters. The van der Waals surface area contributed by atoms with E-state index >= 15 is 0 Å². The van der Waals surface area contributed by atoms with E-state index in [0.717, 1.165) is 23.4 Å². The summed E-state index contributed by atoms with van der Waals surface area (Å²) >= 11 is 3.45. The number of pyridine rings is 1. The first-order chi connectivity index (χ1) is 7.87. The maximum atomic E-state index is 5.91. The van der Waals surface area contributed by atoms with Crippen molar-refractivity contribution in [2.45, 2.75) is 39.4 Å². The van der Waals surface area contributed by atoms with Crippen LogP contribution in [0.1, 0.15) is 26.3 Å². The summed E-state index contributed by atoms with van der Waals surface area (Å²) in [7, 11) is 0. The minimum absolute atomic E-state index is 0.112. The molecule has 1 unspecified atom stereocenters. The third-order valence-electron chi connectivity index (χ3n) is 2.89. The van der Waals surface area contributed by atoms with Gasteiger partial charge in [-0.05, 0) is 55.3 Å². The smallest absolute Gasteiger partial charge is 0.131 e. The molecule has 1 aliphatic rings. The number of morpholine rings is 1. The molecule has 2 rings (SSSR count). The van der Waals surface area contributed by atoms with Crippen molar-refractivity contribution in [1.29, 1.82) is 0 Å². The van der Waals surface area contributed by atoms with Gasteiger partial charge in [0.1, 0.15) is 5.82 Å². The van der Waals surface area contributed by atoms with Crippen LogP contribution in [0, 0.1) is 6.92 Å². The van der Waals surface area contributed by atoms with Crippen LogP contribution in [-0.2, 0) is 4.74 Å². The molecule has 2 heterocycles. The molecule has 1 fully saturated rings. The molecule has 3 nitrogen and oxygen atoms in total. The molecule has 17 heavy (non-hydrogen) atoms. The van der Waals surface area contributed by atoms with E-state index in [1.165, 1.54) is 5.56 Å². The first kappa shape index (κ1) is 12.8. The van der Waals surface area contributed by atoms with Crippen LogP contribution in [0.4, 0.5) is 5.82 Å². The highest BCUT2D eigenvalue weighted by molar-refractivity contribution is 9.10. The predicted molar refractivity (Wildman–Crippen MR) is 73.5 cm³/mol. The van der Waals surface area contributed by atoms with Gasteiger partial charge in [0.05, 0.1) is 11.7 Å². The second-order valence-electron chi connectivity index (χ2n) is 5.36. The zero-order valence-electron chi connectivity index (χ0n) is 10.8. The monoisotopic (exact) mass is 298 g/mol. The van der Waals surface area contributed by atoms with Gasteiger partial charge in [0, 0.05) is 23.8 Å². The highest BCUT2D eigenvalue weighted by Gasteiger charge is 2.32. The van der Waals surface area contributed by atoms with Crippen LogP contribution >= 0.6 is 15.9 Å². The summed E-state index contributed by atoms with van der Waals surface area (Å²) in [6.45, 7) is 10.3. The summed E-state index contributed by atoms with van der Waals surface area (Å²) < 4.78 is 6.94. The highest BCUT2D eigenvalue weighted by Crippen LogP contribution is 2.27. The number of rotatable bonds is 1.